The lowest BCUT2D eigenvalue weighted by atomic mass is 9.80. The van der Waals surface area contributed by atoms with E-state index in [4.69, 9.17) is 2.74 Å². The summed E-state index contributed by atoms with van der Waals surface area (Å²) in [4.78, 5) is 0. The third-order valence-electron chi connectivity index (χ3n) is 6.74. The molecule has 0 saturated heterocycles. The first-order valence-electron chi connectivity index (χ1n) is 13.5. The summed E-state index contributed by atoms with van der Waals surface area (Å²) in [6.07, 6.45) is -7.61. The molecule has 0 amide bonds. The van der Waals surface area contributed by atoms with E-state index in [1.54, 1.807) is 52.0 Å². The normalized spacial score (nSPS) is 14.0. The van der Waals surface area contributed by atoms with Crippen molar-refractivity contribution in [3.8, 4) is 22.4 Å². The minimum absolute atomic E-state index is 0.151. The Hall–Kier alpha value is -3.35. The van der Waals surface area contributed by atoms with E-state index in [-0.39, 0.29) is 5.56 Å². The molecule has 0 bridgehead atoms. The number of hydrogen-bond acceptors (Lipinski definition) is 0. The Balaban J connectivity index is 2.06. The van der Waals surface area contributed by atoms with Gasteiger partial charge in [-0.2, -0.15) is 13.2 Å². The van der Waals surface area contributed by atoms with Crippen molar-refractivity contribution in [1.29, 1.82) is 0 Å². The summed E-state index contributed by atoms with van der Waals surface area (Å²) < 4.78 is 103. The minimum Gasteiger partial charge on any atom is -0.239 e. The summed E-state index contributed by atoms with van der Waals surface area (Å²) in [6.45, 7) is 9.65. The average molecular weight is 547 g/mol. The van der Waals surface area contributed by atoms with E-state index >= 15 is 4.39 Å². The van der Waals surface area contributed by atoms with Gasteiger partial charge >= 0.3 is 6.18 Å². The highest BCUT2D eigenvalue weighted by Crippen LogP contribution is 2.43. The number of benzene rings is 3. The van der Waals surface area contributed by atoms with Crippen LogP contribution in [0, 0.1) is 18.6 Å². The van der Waals surface area contributed by atoms with Crippen molar-refractivity contribution in [3.63, 3.8) is 0 Å². The van der Waals surface area contributed by atoms with Crippen LogP contribution in [0.4, 0.5) is 26.3 Å². The van der Waals surface area contributed by atoms with E-state index < -0.39 is 40.8 Å². The second kappa shape index (κ2) is 9.68. The third-order valence-corrected chi connectivity index (χ3v) is 6.74. The van der Waals surface area contributed by atoms with Gasteiger partial charge in [0.05, 0.1) is 11.9 Å². The van der Waals surface area contributed by atoms with E-state index in [1.807, 2.05) is 0 Å². The summed E-state index contributed by atoms with van der Waals surface area (Å²) in [6, 6.07) is 11.6. The van der Waals surface area contributed by atoms with Crippen LogP contribution in [-0.4, -0.2) is 6.18 Å². The molecule has 0 aliphatic rings. The molecule has 0 N–H and O–H groups in total. The number of pyridine rings is 1. The Morgan fingerprint density at radius 2 is 1.44 bits per heavy atom. The molecule has 0 aliphatic carbocycles. The van der Waals surface area contributed by atoms with Crippen LogP contribution in [0.2, 0.25) is 0 Å². The van der Waals surface area contributed by atoms with Crippen LogP contribution in [0.1, 0.15) is 59.6 Å². The summed E-state index contributed by atoms with van der Waals surface area (Å²) in [7, 11) is 1.51. The third kappa shape index (κ3) is 5.97. The van der Waals surface area contributed by atoms with Crippen molar-refractivity contribution in [1.82, 2.24) is 0 Å². The minimum atomic E-state index is -5.14. The lowest BCUT2D eigenvalue weighted by molar-refractivity contribution is -0.661. The molecule has 206 valence electrons. The first kappa shape index (κ1) is 25.9. The van der Waals surface area contributed by atoms with Gasteiger partial charge in [0.25, 0.3) is 0 Å². The molecule has 3 aromatic carbocycles. The lowest BCUT2D eigenvalue weighted by Crippen LogP contribution is -2.35. The van der Waals surface area contributed by atoms with Gasteiger partial charge in [-0.3, -0.25) is 0 Å². The predicted molar refractivity (Wildman–Crippen MR) is 143 cm³/mol. The van der Waals surface area contributed by atoms with E-state index in [0.717, 1.165) is 12.3 Å². The second-order valence-corrected chi connectivity index (χ2v) is 11.5. The zero-order valence-corrected chi connectivity index (χ0v) is 22.9. The Kier molecular flexibility index (Phi) is 6.43. The van der Waals surface area contributed by atoms with Gasteiger partial charge in [0, 0.05) is 26.0 Å². The van der Waals surface area contributed by atoms with Crippen molar-refractivity contribution in [2.45, 2.75) is 65.2 Å². The molecular weight excluding hydrogens is 512 g/mol. The molecule has 39 heavy (non-hydrogen) atoms. The van der Waals surface area contributed by atoms with Crippen LogP contribution in [0.25, 0.3) is 33.2 Å². The highest BCUT2D eigenvalue weighted by Gasteiger charge is 2.36. The Morgan fingerprint density at radius 1 is 0.821 bits per heavy atom. The van der Waals surface area contributed by atoms with Crippen LogP contribution in [0.5, 0.6) is 0 Å². The number of halogens is 6. The van der Waals surface area contributed by atoms with Crippen LogP contribution in [0.3, 0.4) is 0 Å². The fraction of sp³-hybridized carbons (Fsp3) is 0.344. The zero-order valence-electron chi connectivity index (χ0n) is 24.9. The number of nitrogens with zero attached hydrogens (tertiary/aromatic N) is 1. The summed E-state index contributed by atoms with van der Waals surface area (Å²) in [5.41, 5.74) is -0.451. The van der Waals surface area contributed by atoms with Gasteiger partial charge in [0.15, 0.2) is 6.20 Å². The molecule has 0 radical (unpaired) electrons. The summed E-state index contributed by atoms with van der Waals surface area (Å²) >= 11 is 0. The molecule has 4 rings (SSSR count). The Morgan fingerprint density at radius 3 is 1.97 bits per heavy atom. The first-order valence-corrected chi connectivity index (χ1v) is 12.5. The molecule has 0 fully saturated rings. The topological polar surface area (TPSA) is 3.88 Å². The predicted octanol–water partition coefficient (Wildman–Crippen LogP) is 9.19. The van der Waals surface area contributed by atoms with Gasteiger partial charge in [-0.1, -0.05) is 39.0 Å². The van der Waals surface area contributed by atoms with Crippen molar-refractivity contribution in [3.05, 3.63) is 88.6 Å². The molecule has 0 unspecified atom stereocenters. The monoisotopic (exact) mass is 546 g/mol. The number of fused-ring (bicyclic) bond motifs is 1. The maximum Gasteiger partial charge on any atom is 0.393 e. The van der Waals surface area contributed by atoms with E-state index in [2.05, 4.69) is 0 Å². The Bertz CT molecular complexity index is 1640. The molecule has 0 aliphatic heterocycles. The number of alkyl halides is 4. The number of aromatic nitrogens is 1. The largest absolute Gasteiger partial charge is 0.393 e. The number of hydrogen-bond donors (Lipinski definition) is 0. The fourth-order valence-corrected chi connectivity index (χ4v) is 5.17. The second-order valence-electron chi connectivity index (χ2n) is 11.5. The van der Waals surface area contributed by atoms with Crippen molar-refractivity contribution in [2.75, 3.05) is 0 Å². The van der Waals surface area contributed by atoms with Gasteiger partial charge in [-0.05, 0) is 77.4 Å². The zero-order chi connectivity index (χ0) is 30.9. The molecule has 1 aromatic heterocycles. The molecule has 1 nitrogen and oxygen atoms in total. The van der Waals surface area contributed by atoms with Crippen LogP contribution >= 0.6 is 0 Å². The molecule has 1 heterocycles. The Labute approximate surface area is 227 Å². The van der Waals surface area contributed by atoms with Crippen molar-refractivity contribution in [2.24, 2.45) is 7.05 Å². The van der Waals surface area contributed by atoms with Gasteiger partial charge in [0.1, 0.15) is 24.4 Å². The smallest absolute Gasteiger partial charge is 0.239 e. The molecule has 4 aromatic rings. The molecule has 0 saturated carbocycles. The standard InChI is InChI=1S/C32H32F6N/c1-18-10-21-11-19(20-12-23(33)14-24(34)13-20)8-9-25(21)29(31(5,6)35)28(18)27-15-26(30(2,3)4)22(17-39(27)7)16-32(36,37)38/h8-15,17H,16H2,1-7H3/q+1/i16D2. The van der Waals surface area contributed by atoms with E-state index in [9.17, 15) is 22.0 Å². The highest BCUT2D eigenvalue weighted by molar-refractivity contribution is 5.96. The van der Waals surface area contributed by atoms with Crippen molar-refractivity contribution >= 4 is 10.8 Å². The van der Waals surface area contributed by atoms with Gasteiger partial charge in [-0.15, -0.1) is 0 Å². The molecule has 0 spiro atoms. The van der Waals surface area contributed by atoms with Crippen LogP contribution < -0.4 is 4.57 Å². The SMILES string of the molecule is [2H]C([2H])(c1c[n+](C)c(-c2c(C)cc3cc(-c4cc(F)cc(F)c4)ccc3c2C(C)(C)F)cc1C(C)(C)C)C(F)(F)F. The van der Waals surface area contributed by atoms with Gasteiger partial charge in [0.2, 0.25) is 5.69 Å². The average Bonchev–Trinajstić information content (AvgIpc) is 2.80. The highest BCUT2D eigenvalue weighted by atomic mass is 19.4. The first-order chi connectivity index (χ1) is 18.6. The molecular formula is C32H32F6N+. The van der Waals surface area contributed by atoms with E-state index in [1.165, 1.54) is 43.7 Å². The van der Waals surface area contributed by atoms with Gasteiger partial charge in [-0.25, -0.2) is 17.7 Å². The van der Waals surface area contributed by atoms with Crippen LogP contribution in [-0.2, 0) is 24.5 Å². The van der Waals surface area contributed by atoms with Gasteiger partial charge < -0.3 is 0 Å². The summed E-state index contributed by atoms with van der Waals surface area (Å²) in [5, 5.41) is 1.16. The molecule has 7 heteroatoms. The summed E-state index contributed by atoms with van der Waals surface area (Å²) in [5.74, 6) is -1.45. The molecule has 0 atom stereocenters. The maximum absolute atomic E-state index is 16.1. The van der Waals surface area contributed by atoms with Crippen molar-refractivity contribution < 1.29 is 33.7 Å². The lowest BCUT2D eigenvalue weighted by Gasteiger charge is -2.26. The van der Waals surface area contributed by atoms with E-state index in [0.29, 0.717) is 44.3 Å². The quantitative estimate of drug-likeness (QED) is 0.177. The fourth-order valence-electron chi connectivity index (χ4n) is 5.17. The number of aryl methyl sites for hydroxylation is 2. The van der Waals surface area contributed by atoms with Crippen LogP contribution in [0.15, 0.2) is 54.7 Å². The maximum atomic E-state index is 16.1. The number of rotatable bonds is 4.